The molecule has 0 spiro atoms. The number of benzene rings is 2. The quantitative estimate of drug-likeness (QED) is 0.555. The topological polar surface area (TPSA) is 68.0 Å². The number of anilines is 1. The van der Waals surface area contributed by atoms with Gasteiger partial charge in [-0.3, -0.25) is 4.79 Å². The molecule has 3 aromatic rings. The predicted molar refractivity (Wildman–Crippen MR) is 103 cm³/mol. The number of nitrogens with zero attached hydrogens (tertiary/aromatic N) is 2. The molecule has 0 unspecified atom stereocenters. The smallest absolute Gasteiger partial charge is 0.277 e. The highest BCUT2D eigenvalue weighted by Crippen LogP contribution is 2.28. The van der Waals surface area contributed by atoms with Crippen molar-refractivity contribution in [2.24, 2.45) is 0 Å². The second kappa shape index (κ2) is 8.03. The number of hydrogen-bond acceptors (Lipinski definition) is 5. The van der Waals surface area contributed by atoms with Crippen LogP contribution in [0.5, 0.6) is 0 Å². The van der Waals surface area contributed by atoms with Gasteiger partial charge in [0.15, 0.2) is 0 Å². The van der Waals surface area contributed by atoms with Crippen LogP contribution in [0.4, 0.5) is 5.69 Å². The number of thioether (sulfide) groups is 1. The molecule has 0 fully saturated rings. The first-order valence-corrected chi connectivity index (χ1v) is 9.46. The summed E-state index contributed by atoms with van der Waals surface area (Å²) in [5.74, 6) is 0.348. The van der Waals surface area contributed by atoms with Gasteiger partial charge in [-0.25, -0.2) is 0 Å². The molecule has 3 rings (SSSR count). The van der Waals surface area contributed by atoms with Crippen molar-refractivity contribution < 1.29 is 9.21 Å². The van der Waals surface area contributed by atoms with Crippen LogP contribution in [0, 0.1) is 6.92 Å². The van der Waals surface area contributed by atoms with E-state index in [-0.39, 0.29) is 11.7 Å². The minimum Gasteiger partial charge on any atom is -0.411 e. The lowest BCUT2D eigenvalue weighted by atomic mass is 10.2. The molecule has 1 aromatic heterocycles. The summed E-state index contributed by atoms with van der Waals surface area (Å²) >= 11 is 10.7. The van der Waals surface area contributed by atoms with Crippen molar-refractivity contribution in [1.82, 2.24) is 10.2 Å². The van der Waals surface area contributed by atoms with Crippen LogP contribution in [0.1, 0.15) is 5.56 Å². The lowest BCUT2D eigenvalue weighted by Crippen LogP contribution is -2.14. The first-order valence-electron chi connectivity index (χ1n) is 7.30. The summed E-state index contributed by atoms with van der Waals surface area (Å²) in [5.41, 5.74) is 2.46. The van der Waals surface area contributed by atoms with E-state index in [2.05, 4.69) is 31.4 Å². The molecule has 0 aliphatic heterocycles. The second-order valence-corrected chi connectivity index (χ2v) is 7.34. The Morgan fingerprint density at radius 3 is 2.84 bits per heavy atom. The van der Waals surface area contributed by atoms with Gasteiger partial charge in [0.2, 0.25) is 11.8 Å². The van der Waals surface area contributed by atoms with Crippen molar-refractivity contribution in [3.63, 3.8) is 0 Å². The SMILES string of the molecule is Cc1cc(NC(=O)CSc2nnc(-c3ccccc3Cl)o2)ccc1Br. The molecule has 1 amide bonds. The van der Waals surface area contributed by atoms with Crippen LogP contribution in [-0.4, -0.2) is 21.9 Å². The monoisotopic (exact) mass is 437 g/mol. The van der Waals surface area contributed by atoms with Crippen molar-refractivity contribution in [3.05, 3.63) is 57.5 Å². The Hall–Kier alpha value is -1.83. The lowest BCUT2D eigenvalue weighted by molar-refractivity contribution is -0.113. The summed E-state index contributed by atoms with van der Waals surface area (Å²) < 4.78 is 6.55. The van der Waals surface area contributed by atoms with Crippen LogP contribution in [0.3, 0.4) is 0 Å². The average molecular weight is 439 g/mol. The highest BCUT2D eigenvalue weighted by molar-refractivity contribution is 9.10. The van der Waals surface area contributed by atoms with Crippen LogP contribution in [0.25, 0.3) is 11.5 Å². The van der Waals surface area contributed by atoms with Crippen LogP contribution in [-0.2, 0) is 4.79 Å². The number of amides is 1. The summed E-state index contributed by atoms with van der Waals surface area (Å²) in [4.78, 5) is 12.1. The first kappa shape index (κ1) is 18.0. The Morgan fingerprint density at radius 1 is 1.28 bits per heavy atom. The Kier molecular flexibility index (Phi) is 5.78. The zero-order chi connectivity index (χ0) is 17.8. The van der Waals surface area contributed by atoms with Gasteiger partial charge in [0.1, 0.15) is 0 Å². The Balaban J connectivity index is 1.59. The van der Waals surface area contributed by atoms with E-state index in [4.69, 9.17) is 16.0 Å². The zero-order valence-electron chi connectivity index (χ0n) is 13.1. The molecule has 1 N–H and O–H groups in total. The van der Waals surface area contributed by atoms with E-state index in [1.807, 2.05) is 37.3 Å². The minimum absolute atomic E-state index is 0.149. The summed E-state index contributed by atoms with van der Waals surface area (Å²) in [5, 5.41) is 11.6. The Bertz CT molecular complexity index is 916. The van der Waals surface area contributed by atoms with Gasteiger partial charge in [0, 0.05) is 10.2 Å². The summed E-state index contributed by atoms with van der Waals surface area (Å²) in [7, 11) is 0. The highest BCUT2D eigenvalue weighted by Gasteiger charge is 2.13. The predicted octanol–water partition coefficient (Wildman–Crippen LogP) is 5.19. The largest absolute Gasteiger partial charge is 0.411 e. The average Bonchev–Trinajstić information content (AvgIpc) is 3.05. The molecule has 128 valence electrons. The molecule has 0 radical (unpaired) electrons. The number of carbonyl (C=O) groups is 1. The van der Waals surface area contributed by atoms with E-state index < -0.39 is 0 Å². The normalized spacial score (nSPS) is 10.7. The standard InChI is InChI=1S/C17H13BrClN3O2S/c1-10-8-11(6-7-13(10)18)20-15(23)9-25-17-22-21-16(24-17)12-4-2-3-5-14(12)19/h2-8H,9H2,1H3,(H,20,23). The van der Waals surface area contributed by atoms with Crippen molar-refractivity contribution >= 4 is 50.9 Å². The summed E-state index contributed by atoms with van der Waals surface area (Å²) in [6, 6.07) is 12.8. The van der Waals surface area contributed by atoms with E-state index in [9.17, 15) is 4.79 Å². The first-order chi connectivity index (χ1) is 12.0. The van der Waals surface area contributed by atoms with Crippen molar-refractivity contribution in [1.29, 1.82) is 0 Å². The van der Waals surface area contributed by atoms with Crippen molar-refractivity contribution in [2.45, 2.75) is 12.1 Å². The fraction of sp³-hybridized carbons (Fsp3) is 0.118. The summed E-state index contributed by atoms with van der Waals surface area (Å²) in [6.07, 6.45) is 0. The number of aryl methyl sites for hydroxylation is 1. The highest BCUT2D eigenvalue weighted by atomic mass is 79.9. The van der Waals surface area contributed by atoms with Crippen LogP contribution in [0.2, 0.25) is 5.02 Å². The second-order valence-electron chi connectivity index (χ2n) is 5.15. The van der Waals surface area contributed by atoms with Gasteiger partial charge >= 0.3 is 0 Å². The molecular weight excluding hydrogens is 426 g/mol. The third-order valence-corrected chi connectivity index (χ3v) is 5.32. The zero-order valence-corrected chi connectivity index (χ0v) is 16.3. The van der Waals surface area contributed by atoms with Crippen molar-refractivity contribution in [3.8, 4) is 11.5 Å². The van der Waals surface area contributed by atoms with Gasteiger partial charge in [0.25, 0.3) is 5.22 Å². The molecule has 25 heavy (non-hydrogen) atoms. The molecule has 0 aliphatic rings. The van der Waals surface area contributed by atoms with E-state index in [1.165, 1.54) is 11.8 Å². The van der Waals surface area contributed by atoms with E-state index >= 15 is 0 Å². The van der Waals surface area contributed by atoms with Crippen molar-refractivity contribution in [2.75, 3.05) is 11.1 Å². The molecule has 0 bridgehead atoms. The Labute approximate surface area is 162 Å². The molecule has 1 heterocycles. The van der Waals surface area contributed by atoms with Gasteiger partial charge < -0.3 is 9.73 Å². The molecule has 8 heteroatoms. The maximum Gasteiger partial charge on any atom is 0.277 e. The number of rotatable bonds is 5. The van der Waals surface area contributed by atoms with E-state index in [1.54, 1.807) is 12.1 Å². The molecule has 0 atom stereocenters. The third kappa shape index (κ3) is 4.62. The summed E-state index contributed by atoms with van der Waals surface area (Å²) in [6.45, 7) is 1.96. The minimum atomic E-state index is -0.149. The third-order valence-electron chi connectivity index (χ3n) is 3.28. The number of carbonyl (C=O) groups excluding carboxylic acids is 1. The lowest BCUT2D eigenvalue weighted by Gasteiger charge is -2.06. The van der Waals surface area contributed by atoms with Gasteiger partial charge in [-0.15, -0.1) is 10.2 Å². The fourth-order valence-electron chi connectivity index (χ4n) is 2.06. The Morgan fingerprint density at radius 2 is 2.08 bits per heavy atom. The molecular formula is C17H13BrClN3O2S. The number of aromatic nitrogens is 2. The molecule has 0 saturated heterocycles. The van der Waals surface area contributed by atoms with Gasteiger partial charge in [-0.1, -0.05) is 51.4 Å². The molecule has 2 aromatic carbocycles. The molecule has 5 nitrogen and oxygen atoms in total. The maximum absolute atomic E-state index is 12.1. The molecule has 0 saturated carbocycles. The van der Waals surface area contributed by atoms with E-state index in [0.29, 0.717) is 21.7 Å². The molecule has 0 aliphatic carbocycles. The van der Waals surface area contributed by atoms with Crippen LogP contribution in [0.15, 0.2) is 56.6 Å². The number of nitrogens with one attached hydrogen (secondary N) is 1. The van der Waals surface area contributed by atoms with Crippen LogP contribution >= 0.6 is 39.3 Å². The van der Waals surface area contributed by atoms with Gasteiger partial charge in [-0.2, -0.15) is 0 Å². The van der Waals surface area contributed by atoms with E-state index in [0.717, 1.165) is 15.7 Å². The van der Waals surface area contributed by atoms with Crippen LogP contribution < -0.4 is 5.32 Å². The number of halogens is 2. The number of hydrogen-bond donors (Lipinski definition) is 1. The van der Waals surface area contributed by atoms with Gasteiger partial charge in [0.05, 0.1) is 16.3 Å². The fourth-order valence-corrected chi connectivity index (χ4v) is 3.08. The maximum atomic E-state index is 12.1. The van der Waals surface area contributed by atoms with Gasteiger partial charge in [-0.05, 0) is 42.8 Å².